The Kier molecular flexibility index (Phi) is 53.9. The van der Waals surface area contributed by atoms with Gasteiger partial charge in [-0.15, -0.1) is 0 Å². The second-order valence-corrected chi connectivity index (χ2v) is 18.4. The van der Waals surface area contributed by atoms with E-state index in [1.807, 2.05) is 0 Å². The third kappa shape index (κ3) is 53.7. The molecule has 380 valence electrons. The first kappa shape index (κ1) is 63.1. The summed E-state index contributed by atoms with van der Waals surface area (Å²) in [5.74, 6) is -0.428. The summed E-state index contributed by atoms with van der Waals surface area (Å²) in [5.41, 5.74) is 0. The van der Waals surface area contributed by atoms with E-state index in [0.29, 0.717) is 19.4 Å². The van der Waals surface area contributed by atoms with Gasteiger partial charge in [0.1, 0.15) is 6.61 Å². The van der Waals surface area contributed by atoms with Crippen molar-refractivity contribution in [1.82, 2.24) is 0 Å². The molecule has 0 aromatic rings. The summed E-state index contributed by atoms with van der Waals surface area (Å²) in [7, 11) is 0. The second-order valence-electron chi connectivity index (χ2n) is 18.4. The van der Waals surface area contributed by atoms with Crippen molar-refractivity contribution in [2.24, 2.45) is 0 Å². The first-order valence-electron chi connectivity index (χ1n) is 28.1. The molecule has 0 aliphatic rings. The van der Waals surface area contributed by atoms with Gasteiger partial charge in [-0.1, -0.05) is 228 Å². The van der Waals surface area contributed by atoms with Crippen LogP contribution in [0.3, 0.4) is 0 Å². The third-order valence-corrected chi connectivity index (χ3v) is 11.9. The Morgan fingerprint density at radius 1 is 0.348 bits per heavy atom. The van der Waals surface area contributed by atoms with Gasteiger partial charge in [0.25, 0.3) is 0 Å². The Bertz CT molecular complexity index is 1220. The summed E-state index contributed by atoms with van der Waals surface area (Å²) < 4.78 is 17.4. The average molecular weight is 920 g/mol. The van der Waals surface area contributed by atoms with E-state index >= 15 is 0 Å². The van der Waals surface area contributed by atoms with Crippen LogP contribution >= 0.6 is 0 Å². The van der Waals surface area contributed by atoms with Gasteiger partial charge in [-0.25, -0.2) is 0 Å². The molecule has 0 aliphatic carbocycles. The summed E-state index contributed by atoms with van der Waals surface area (Å²) in [6.07, 6.45) is 74.6. The lowest BCUT2D eigenvalue weighted by Gasteiger charge is -2.18. The van der Waals surface area contributed by atoms with Crippen molar-refractivity contribution in [1.29, 1.82) is 0 Å². The number of carbonyl (C=O) groups is 2. The van der Waals surface area contributed by atoms with Crippen LogP contribution in [0.2, 0.25) is 0 Å². The van der Waals surface area contributed by atoms with E-state index in [1.165, 1.54) is 128 Å². The summed E-state index contributed by atoms with van der Waals surface area (Å²) in [5, 5.41) is 0. The van der Waals surface area contributed by atoms with Crippen LogP contribution in [0.4, 0.5) is 0 Å². The Balaban J connectivity index is 4.29. The second kappa shape index (κ2) is 56.4. The molecular weight excluding hydrogens is 813 g/mol. The van der Waals surface area contributed by atoms with Crippen LogP contribution < -0.4 is 0 Å². The van der Waals surface area contributed by atoms with Gasteiger partial charge in [0, 0.05) is 19.4 Å². The normalized spacial score (nSPS) is 12.8. The van der Waals surface area contributed by atoms with E-state index in [1.54, 1.807) is 0 Å². The molecule has 1 atom stereocenters. The third-order valence-electron chi connectivity index (χ3n) is 11.9. The van der Waals surface area contributed by atoms with E-state index in [4.69, 9.17) is 14.2 Å². The molecule has 0 heterocycles. The maximum Gasteiger partial charge on any atom is 0.306 e. The minimum absolute atomic E-state index is 0.0682. The number of esters is 2. The number of hydrogen-bond donors (Lipinski definition) is 0. The molecule has 0 N–H and O–H groups in total. The zero-order chi connectivity index (χ0) is 47.7. The van der Waals surface area contributed by atoms with Crippen LogP contribution in [0, 0.1) is 0 Å². The standard InChI is InChI=1S/C61H106O5/c1-4-7-10-13-16-19-22-25-27-29-31-32-34-37-39-42-45-48-51-54-60(62)65-58-59(66-61(63)55-52-49-46-43-40-36-24-21-18-15-12-9-6-3)57-64-56-53-50-47-44-41-38-35-33-30-28-26-23-20-17-14-11-8-5-2/h7,10,12,15-16,19,21,24-28,31-32,59H,4-6,8-9,11,13-14,17-18,20,22-23,29-30,33-58H2,1-3H3/b10-7-,15-12-,19-16-,24-21-,27-25-,28-26-,32-31-. The molecule has 1 unspecified atom stereocenters. The van der Waals surface area contributed by atoms with E-state index in [2.05, 4.69) is 106 Å². The smallest absolute Gasteiger partial charge is 0.306 e. The predicted octanol–water partition coefficient (Wildman–Crippen LogP) is 19.2. The molecule has 0 amide bonds. The number of rotatable bonds is 51. The van der Waals surface area contributed by atoms with Gasteiger partial charge in [-0.3, -0.25) is 9.59 Å². The highest BCUT2D eigenvalue weighted by molar-refractivity contribution is 5.70. The zero-order valence-corrected chi connectivity index (χ0v) is 43.7. The molecule has 0 rings (SSSR count). The van der Waals surface area contributed by atoms with Crippen LogP contribution in [0.25, 0.3) is 0 Å². The predicted molar refractivity (Wildman–Crippen MR) is 288 cm³/mol. The number of hydrogen-bond acceptors (Lipinski definition) is 5. The van der Waals surface area contributed by atoms with Crippen LogP contribution in [0.5, 0.6) is 0 Å². The fourth-order valence-electron chi connectivity index (χ4n) is 7.71. The van der Waals surface area contributed by atoms with Crippen LogP contribution in [-0.2, 0) is 23.8 Å². The van der Waals surface area contributed by atoms with Crippen molar-refractivity contribution in [2.75, 3.05) is 19.8 Å². The molecule has 0 aromatic carbocycles. The number of allylic oxidation sites excluding steroid dienone is 14. The lowest BCUT2D eigenvalue weighted by molar-refractivity contribution is -0.163. The average Bonchev–Trinajstić information content (AvgIpc) is 3.32. The molecule has 5 heteroatoms. The van der Waals surface area contributed by atoms with E-state index in [9.17, 15) is 9.59 Å². The largest absolute Gasteiger partial charge is 0.462 e. The molecule has 0 fully saturated rings. The summed E-state index contributed by atoms with van der Waals surface area (Å²) in [6, 6.07) is 0. The SMILES string of the molecule is CC/C=C\C/C=C\C/C=C\C/C=C\CCCCCCCCC(=O)OCC(COCCCCCCCCCC/C=C\CCCCCCCC)OC(=O)CCCCCCC/C=C\C/C=C\CCC. The van der Waals surface area contributed by atoms with Gasteiger partial charge in [0.05, 0.1) is 6.61 Å². The molecule has 0 saturated carbocycles. The van der Waals surface area contributed by atoms with Crippen molar-refractivity contribution in [3.05, 3.63) is 85.1 Å². The quantitative estimate of drug-likeness (QED) is 0.0346. The van der Waals surface area contributed by atoms with Crippen molar-refractivity contribution < 1.29 is 23.8 Å². The van der Waals surface area contributed by atoms with Crippen LogP contribution in [0.15, 0.2) is 85.1 Å². The highest BCUT2D eigenvalue weighted by Gasteiger charge is 2.17. The topological polar surface area (TPSA) is 61.8 Å². The van der Waals surface area contributed by atoms with Crippen molar-refractivity contribution in [3.63, 3.8) is 0 Å². The Hall–Kier alpha value is -2.92. The molecule has 0 aromatic heterocycles. The van der Waals surface area contributed by atoms with Crippen LogP contribution in [-0.4, -0.2) is 37.9 Å². The number of carbonyl (C=O) groups excluding carboxylic acids is 2. The van der Waals surface area contributed by atoms with Gasteiger partial charge >= 0.3 is 11.9 Å². The summed E-state index contributed by atoms with van der Waals surface area (Å²) in [4.78, 5) is 25.5. The van der Waals surface area contributed by atoms with Gasteiger partial charge in [0.2, 0.25) is 0 Å². The summed E-state index contributed by atoms with van der Waals surface area (Å²) in [6.45, 7) is 7.63. The lowest BCUT2D eigenvalue weighted by atomic mass is 10.1. The van der Waals surface area contributed by atoms with Gasteiger partial charge in [-0.05, 0) is 109 Å². The molecule has 0 radical (unpaired) electrons. The maximum atomic E-state index is 12.8. The molecule has 0 bridgehead atoms. The zero-order valence-electron chi connectivity index (χ0n) is 43.7. The minimum atomic E-state index is -0.555. The Morgan fingerprint density at radius 3 is 1.17 bits per heavy atom. The fraction of sp³-hybridized carbons (Fsp3) is 0.738. The first-order chi connectivity index (χ1) is 32.6. The van der Waals surface area contributed by atoms with Gasteiger partial charge in [-0.2, -0.15) is 0 Å². The Labute approximate surface area is 409 Å². The minimum Gasteiger partial charge on any atom is -0.462 e. The fourth-order valence-corrected chi connectivity index (χ4v) is 7.71. The summed E-state index contributed by atoms with van der Waals surface area (Å²) >= 11 is 0. The van der Waals surface area contributed by atoms with Crippen molar-refractivity contribution in [3.8, 4) is 0 Å². The highest BCUT2D eigenvalue weighted by atomic mass is 16.6. The van der Waals surface area contributed by atoms with Crippen molar-refractivity contribution >= 4 is 11.9 Å². The maximum absolute atomic E-state index is 12.8. The molecule has 66 heavy (non-hydrogen) atoms. The van der Waals surface area contributed by atoms with E-state index in [-0.39, 0.29) is 25.2 Å². The van der Waals surface area contributed by atoms with E-state index in [0.717, 1.165) is 103 Å². The van der Waals surface area contributed by atoms with Gasteiger partial charge < -0.3 is 14.2 Å². The van der Waals surface area contributed by atoms with Crippen molar-refractivity contribution in [2.45, 2.75) is 271 Å². The lowest BCUT2D eigenvalue weighted by Crippen LogP contribution is -2.30. The Morgan fingerprint density at radius 2 is 0.712 bits per heavy atom. The highest BCUT2D eigenvalue weighted by Crippen LogP contribution is 2.14. The molecular formula is C61H106O5. The van der Waals surface area contributed by atoms with E-state index < -0.39 is 6.10 Å². The number of ether oxygens (including phenoxy) is 3. The van der Waals surface area contributed by atoms with Gasteiger partial charge in [0.15, 0.2) is 6.10 Å². The molecule has 0 aliphatic heterocycles. The molecule has 5 nitrogen and oxygen atoms in total. The van der Waals surface area contributed by atoms with Crippen LogP contribution in [0.1, 0.15) is 265 Å². The number of unbranched alkanes of at least 4 members (excludes halogenated alkanes) is 26. The monoisotopic (exact) mass is 919 g/mol. The molecule has 0 saturated heterocycles. The molecule has 0 spiro atoms. The first-order valence-corrected chi connectivity index (χ1v) is 28.1.